The smallest absolute Gasteiger partial charge is 0.270 e. The van der Waals surface area contributed by atoms with E-state index in [4.69, 9.17) is 10.00 Å². The molecule has 1 aromatic heterocycles. The number of H-pyrrole nitrogens is 1. The first-order valence-electron chi connectivity index (χ1n) is 5.67. The Balaban J connectivity index is 2.78. The summed E-state index contributed by atoms with van der Waals surface area (Å²) in [6.07, 6.45) is 1.76. The summed E-state index contributed by atoms with van der Waals surface area (Å²) >= 11 is 4.58. The quantitative estimate of drug-likeness (QED) is 0.638. The number of nitrogens with zero attached hydrogens (tertiary/aromatic N) is 2. The minimum Gasteiger partial charge on any atom is -0.504 e. The van der Waals surface area contributed by atoms with Crippen molar-refractivity contribution in [1.82, 2.24) is 9.97 Å². The monoisotopic (exact) mass is 367 g/mol. The first kappa shape index (κ1) is 15.4. The molecule has 0 aliphatic carbocycles. The molecule has 21 heavy (non-hydrogen) atoms. The number of aromatic hydroxyl groups is 1. The molecule has 6 nitrogen and oxygen atoms in total. The number of aromatic amines is 1. The van der Waals surface area contributed by atoms with Crippen molar-refractivity contribution in [2.24, 2.45) is 0 Å². The van der Waals surface area contributed by atoms with Crippen molar-refractivity contribution in [3.63, 3.8) is 0 Å². The van der Waals surface area contributed by atoms with Crippen molar-refractivity contribution < 1.29 is 9.84 Å². The van der Waals surface area contributed by atoms with Crippen molar-refractivity contribution in [3.05, 3.63) is 32.5 Å². The molecule has 0 spiro atoms. The third-order valence-electron chi connectivity index (χ3n) is 2.73. The summed E-state index contributed by atoms with van der Waals surface area (Å²) < 4.78 is 5.56. The van der Waals surface area contributed by atoms with Gasteiger partial charge in [-0.1, -0.05) is 11.8 Å². The van der Waals surface area contributed by atoms with Gasteiger partial charge in [0.25, 0.3) is 5.56 Å². The number of hydrogen-bond donors (Lipinski definition) is 2. The minimum absolute atomic E-state index is 0.104. The van der Waals surface area contributed by atoms with Gasteiger partial charge >= 0.3 is 0 Å². The fraction of sp³-hybridized carbons (Fsp3) is 0.154. The van der Waals surface area contributed by atoms with Crippen LogP contribution in [0.5, 0.6) is 11.5 Å². The topological polar surface area (TPSA) is 99.0 Å². The number of rotatable bonds is 3. The molecule has 2 N–H and O–H groups in total. The Hall–Kier alpha value is -1.98. The van der Waals surface area contributed by atoms with Crippen molar-refractivity contribution in [3.8, 4) is 28.8 Å². The maximum absolute atomic E-state index is 11.9. The fourth-order valence-corrected chi connectivity index (χ4v) is 2.62. The molecule has 0 amide bonds. The van der Waals surface area contributed by atoms with E-state index in [1.165, 1.54) is 24.9 Å². The molecule has 0 bridgehead atoms. The van der Waals surface area contributed by atoms with E-state index in [-0.39, 0.29) is 22.8 Å². The summed E-state index contributed by atoms with van der Waals surface area (Å²) in [7, 11) is 1.43. The third-order valence-corrected chi connectivity index (χ3v) is 3.96. The van der Waals surface area contributed by atoms with Crippen LogP contribution in [0.25, 0.3) is 11.3 Å². The number of aromatic nitrogens is 2. The van der Waals surface area contributed by atoms with Gasteiger partial charge < -0.3 is 14.8 Å². The van der Waals surface area contributed by atoms with Gasteiger partial charge in [0.15, 0.2) is 16.7 Å². The largest absolute Gasteiger partial charge is 0.504 e. The van der Waals surface area contributed by atoms with Crippen molar-refractivity contribution in [2.45, 2.75) is 5.16 Å². The molecule has 0 saturated heterocycles. The van der Waals surface area contributed by atoms with Gasteiger partial charge in [0.05, 0.1) is 12.8 Å². The molecule has 0 atom stereocenters. The number of halogens is 1. The molecule has 0 aliphatic heterocycles. The average molecular weight is 368 g/mol. The van der Waals surface area contributed by atoms with E-state index < -0.39 is 5.56 Å². The van der Waals surface area contributed by atoms with E-state index in [2.05, 4.69) is 25.9 Å². The molecule has 0 unspecified atom stereocenters. The lowest BCUT2D eigenvalue weighted by Gasteiger charge is -2.10. The van der Waals surface area contributed by atoms with Crippen molar-refractivity contribution >= 4 is 27.7 Å². The summed E-state index contributed by atoms with van der Waals surface area (Å²) in [5.74, 6) is 0.173. The van der Waals surface area contributed by atoms with Gasteiger partial charge in [-0.3, -0.25) is 4.79 Å². The number of nitrogens with one attached hydrogen (secondary N) is 1. The second-order valence-electron chi connectivity index (χ2n) is 3.91. The SMILES string of the molecule is COc1cc(Br)c(-c2nc(SC)[nH]c(=O)c2C#N)cc1O. The third kappa shape index (κ3) is 2.89. The first-order chi connectivity index (χ1) is 10.0. The number of thioether (sulfide) groups is 1. The van der Waals surface area contributed by atoms with Crippen LogP contribution in [-0.4, -0.2) is 28.4 Å². The van der Waals surface area contributed by atoms with Crippen LogP contribution in [0, 0.1) is 11.3 Å². The van der Waals surface area contributed by atoms with Gasteiger partial charge in [-0.25, -0.2) is 4.98 Å². The number of benzene rings is 1. The number of hydrogen-bond acceptors (Lipinski definition) is 6. The molecular formula is C13H10BrN3O3S. The van der Waals surface area contributed by atoms with Crippen LogP contribution in [0.3, 0.4) is 0 Å². The van der Waals surface area contributed by atoms with Crippen LogP contribution >= 0.6 is 27.7 Å². The summed E-state index contributed by atoms with van der Waals surface area (Å²) in [6, 6.07) is 4.79. The van der Waals surface area contributed by atoms with Gasteiger partial charge in [0.1, 0.15) is 11.6 Å². The second kappa shape index (κ2) is 6.20. The van der Waals surface area contributed by atoms with Crippen LogP contribution in [0.4, 0.5) is 0 Å². The molecule has 8 heteroatoms. The number of methoxy groups -OCH3 is 1. The van der Waals surface area contributed by atoms with Crippen LogP contribution < -0.4 is 10.3 Å². The Morgan fingerprint density at radius 1 is 1.52 bits per heavy atom. The second-order valence-corrected chi connectivity index (χ2v) is 5.56. The molecule has 1 heterocycles. The Labute approximate surface area is 132 Å². The lowest BCUT2D eigenvalue weighted by Crippen LogP contribution is -2.14. The zero-order valence-corrected chi connectivity index (χ0v) is 13.5. The predicted octanol–water partition coefficient (Wildman–Crippen LogP) is 2.51. The lowest BCUT2D eigenvalue weighted by molar-refractivity contribution is 0.373. The van der Waals surface area contributed by atoms with E-state index >= 15 is 0 Å². The van der Waals surface area contributed by atoms with Gasteiger partial charge in [0.2, 0.25) is 0 Å². The standard InChI is InChI=1S/C13H10BrN3O3S/c1-20-10-4-8(14)6(3-9(10)18)11-7(5-15)12(19)17-13(16-11)21-2/h3-4,18H,1-2H3,(H,16,17,19). The minimum atomic E-state index is -0.519. The van der Waals surface area contributed by atoms with E-state index in [1.54, 1.807) is 12.3 Å². The Morgan fingerprint density at radius 3 is 2.81 bits per heavy atom. The normalized spacial score (nSPS) is 10.2. The van der Waals surface area contributed by atoms with Crippen LogP contribution in [0.15, 0.2) is 26.6 Å². The highest BCUT2D eigenvalue weighted by atomic mass is 79.9. The summed E-state index contributed by atoms with van der Waals surface area (Å²) in [5.41, 5.74) is 0.00815. The van der Waals surface area contributed by atoms with E-state index in [0.29, 0.717) is 15.2 Å². The van der Waals surface area contributed by atoms with Gasteiger partial charge in [0, 0.05) is 10.0 Å². The highest BCUT2D eigenvalue weighted by Crippen LogP contribution is 2.38. The van der Waals surface area contributed by atoms with E-state index in [0.717, 1.165) is 0 Å². The molecule has 108 valence electrons. The maximum atomic E-state index is 11.9. The fourth-order valence-electron chi connectivity index (χ4n) is 1.74. The average Bonchev–Trinajstić information content (AvgIpc) is 2.48. The Bertz CT molecular complexity index is 798. The van der Waals surface area contributed by atoms with Crippen molar-refractivity contribution in [1.29, 1.82) is 5.26 Å². The number of phenols is 1. The van der Waals surface area contributed by atoms with Crippen LogP contribution in [-0.2, 0) is 0 Å². The summed E-state index contributed by atoms with van der Waals surface area (Å²) in [6.45, 7) is 0. The Kier molecular flexibility index (Phi) is 4.55. The molecule has 0 radical (unpaired) electrons. The molecule has 0 saturated carbocycles. The van der Waals surface area contributed by atoms with Crippen molar-refractivity contribution in [2.75, 3.05) is 13.4 Å². The Morgan fingerprint density at radius 2 is 2.24 bits per heavy atom. The molecule has 2 rings (SSSR count). The number of nitriles is 1. The zero-order valence-electron chi connectivity index (χ0n) is 11.1. The summed E-state index contributed by atoms with van der Waals surface area (Å²) in [5, 5.41) is 19.4. The lowest BCUT2D eigenvalue weighted by atomic mass is 10.1. The zero-order chi connectivity index (χ0) is 15.6. The van der Waals surface area contributed by atoms with Gasteiger partial charge in [-0.15, -0.1) is 0 Å². The number of ether oxygens (including phenoxy) is 1. The molecular weight excluding hydrogens is 358 g/mol. The number of phenolic OH excluding ortho intramolecular Hbond substituents is 1. The molecule has 0 aliphatic rings. The van der Waals surface area contributed by atoms with E-state index in [1.807, 2.05) is 6.07 Å². The first-order valence-corrected chi connectivity index (χ1v) is 7.68. The maximum Gasteiger partial charge on any atom is 0.270 e. The highest BCUT2D eigenvalue weighted by Gasteiger charge is 2.18. The van der Waals surface area contributed by atoms with Gasteiger partial charge in [-0.05, 0) is 34.3 Å². The predicted molar refractivity (Wildman–Crippen MR) is 82.7 cm³/mol. The molecule has 0 fully saturated rings. The summed E-state index contributed by atoms with van der Waals surface area (Å²) in [4.78, 5) is 18.7. The van der Waals surface area contributed by atoms with Crippen LogP contribution in [0.2, 0.25) is 0 Å². The van der Waals surface area contributed by atoms with E-state index in [9.17, 15) is 9.90 Å². The molecule has 2 aromatic rings. The molecule has 1 aromatic carbocycles. The van der Waals surface area contributed by atoms with Gasteiger partial charge in [-0.2, -0.15) is 5.26 Å². The highest BCUT2D eigenvalue weighted by molar-refractivity contribution is 9.10. The van der Waals surface area contributed by atoms with Crippen LogP contribution in [0.1, 0.15) is 5.56 Å².